The van der Waals surface area contributed by atoms with E-state index < -0.39 is 0 Å². The van der Waals surface area contributed by atoms with Crippen LogP contribution < -0.4 is 5.32 Å². The predicted molar refractivity (Wildman–Crippen MR) is 86.1 cm³/mol. The molecule has 1 N–H and O–H groups in total. The van der Waals surface area contributed by atoms with Crippen molar-refractivity contribution in [3.63, 3.8) is 0 Å². The van der Waals surface area contributed by atoms with Crippen molar-refractivity contribution < 1.29 is 4.39 Å². The van der Waals surface area contributed by atoms with Crippen molar-refractivity contribution in [2.45, 2.75) is 26.3 Å². The fraction of sp³-hybridized carbons (Fsp3) is 0.357. The summed E-state index contributed by atoms with van der Waals surface area (Å²) < 4.78 is 14.9. The highest BCUT2D eigenvalue weighted by molar-refractivity contribution is 9.10. The van der Waals surface area contributed by atoms with E-state index in [1.54, 1.807) is 23.5 Å². The van der Waals surface area contributed by atoms with E-state index in [1.807, 2.05) is 19.2 Å². The fourth-order valence-electron chi connectivity index (χ4n) is 2.02. The minimum Gasteiger partial charge on any atom is -0.310 e. The van der Waals surface area contributed by atoms with Gasteiger partial charge in [-0.05, 0) is 35.5 Å². The van der Waals surface area contributed by atoms with Crippen LogP contribution in [0.4, 0.5) is 4.39 Å². The Morgan fingerprint density at radius 2 is 2.25 bits per heavy atom. The average molecular weight is 378 g/mol. The van der Waals surface area contributed by atoms with Gasteiger partial charge in [-0.25, -0.2) is 9.37 Å². The Bertz CT molecular complexity index is 603. The number of nitrogens with zero attached hydrogens (tertiary/aromatic N) is 1. The highest BCUT2D eigenvalue weighted by atomic mass is 79.9. The van der Waals surface area contributed by atoms with Gasteiger partial charge in [0.25, 0.3) is 0 Å². The molecule has 6 heteroatoms. The Labute approximate surface area is 135 Å². The van der Waals surface area contributed by atoms with Crippen molar-refractivity contribution in [1.82, 2.24) is 10.3 Å². The molecule has 1 atom stereocenters. The molecule has 1 unspecified atom stereocenters. The lowest BCUT2D eigenvalue weighted by molar-refractivity contribution is 0.509. The number of likely N-dealkylation sites (N-methyl/N-ethyl adjacent to an activating group) is 1. The van der Waals surface area contributed by atoms with Crippen LogP contribution in [0.2, 0.25) is 5.02 Å². The lowest BCUT2D eigenvalue weighted by Gasteiger charge is -2.18. The highest BCUT2D eigenvalue weighted by Crippen LogP contribution is 2.32. The number of thiazole rings is 1. The molecule has 0 aliphatic rings. The first-order valence-corrected chi connectivity index (χ1v) is 8.35. The molecule has 1 aromatic carbocycles. The third-order valence-electron chi connectivity index (χ3n) is 2.94. The molecule has 0 spiro atoms. The van der Waals surface area contributed by atoms with Crippen molar-refractivity contribution in [3.8, 4) is 0 Å². The first-order chi connectivity index (χ1) is 9.52. The summed E-state index contributed by atoms with van der Waals surface area (Å²) in [5.41, 5.74) is 1.57. The van der Waals surface area contributed by atoms with Gasteiger partial charge in [-0.3, -0.25) is 0 Å². The summed E-state index contributed by atoms with van der Waals surface area (Å²) in [6.45, 7) is 4.71. The Hall–Kier alpha value is -0.490. The number of aromatic nitrogens is 1. The van der Waals surface area contributed by atoms with E-state index >= 15 is 0 Å². The number of halogens is 3. The van der Waals surface area contributed by atoms with Gasteiger partial charge >= 0.3 is 0 Å². The van der Waals surface area contributed by atoms with Gasteiger partial charge in [0, 0.05) is 33.6 Å². The van der Waals surface area contributed by atoms with Crippen LogP contribution in [0.5, 0.6) is 0 Å². The number of benzene rings is 1. The zero-order chi connectivity index (χ0) is 14.7. The van der Waals surface area contributed by atoms with Crippen LogP contribution in [-0.4, -0.2) is 11.5 Å². The van der Waals surface area contributed by atoms with Gasteiger partial charge < -0.3 is 5.32 Å². The average Bonchev–Trinajstić information content (AvgIpc) is 2.81. The second-order valence-electron chi connectivity index (χ2n) is 4.46. The molecule has 20 heavy (non-hydrogen) atoms. The van der Waals surface area contributed by atoms with Gasteiger partial charge in [-0.15, -0.1) is 11.3 Å². The lowest BCUT2D eigenvalue weighted by atomic mass is 10.0. The molecular formula is C14H15BrClFN2S. The first-order valence-electron chi connectivity index (χ1n) is 6.30. The Balaban J connectivity index is 2.31. The summed E-state index contributed by atoms with van der Waals surface area (Å²) in [6, 6.07) is 3.41. The van der Waals surface area contributed by atoms with Gasteiger partial charge in [-0.2, -0.15) is 0 Å². The van der Waals surface area contributed by atoms with Gasteiger partial charge in [0.1, 0.15) is 5.82 Å². The number of rotatable bonds is 5. The molecule has 0 aliphatic carbocycles. The molecule has 1 heterocycles. The molecule has 0 radical (unpaired) electrons. The van der Waals surface area contributed by atoms with Crippen LogP contribution in [0.15, 0.2) is 22.0 Å². The molecule has 0 bridgehead atoms. The number of hydrogen-bond donors (Lipinski definition) is 1. The van der Waals surface area contributed by atoms with Crippen LogP contribution in [0, 0.1) is 12.7 Å². The zero-order valence-electron chi connectivity index (χ0n) is 11.2. The molecular weight excluding hydrogens is 363 g/mol. The Morgan fingerprint density at radius 3 is 2.85 bits per heavy atom. The lowest BCUT2D eigenvalue weighted by Crippen LogP contribution is -2.24. The molecule has 0 amide bonds. The minimum absolute atomic E-state index is 0.126. The molecule has 0 aliphatic heterocycles. The Kier molecular flexibility index (Phi) is 5.55. The van der Waals surface area contributed by atoms with E-state index in [2.05, 4.69) is 26.2 Å². The minimum atomic E-state index is -0.375. The fourth-order valence-corrected chi connectivity index (χ4v) is 3.32. The molecule has 2 rings (SSSR count). The van der Waals surface area contributed by atoms with Gasteiger partial charge in [0.15, 0.2) is 0 Å². The Morgan fingerprint density at radius 1 is 1.50 bits per heavy atom. The molecule has 2 nitrogen and oxygen atoms in total. The molecule has 0 fully saturated rings. The van der Waals surface area contributed by atoms with E-state index in [4.69, 9.17) is 11.6 Å². The second kappa shape index (κ2) is 6.98. The van der Waals surface area contributed by atoms with Gasteiger partial charge in [0.2, 0.25) is 0 Å². The standard InChI is InChI=1S/C14H15BrClFN2S/c1-3-18-11(6-12-19-8(2)7-20-12)9-4-5-10(15)13(16)14(9)17/h4-5,7,11,18H,3,6H2,1-2H3. The van der Waals surface area contributed by atoms with Crippen molar-refractivity contribution in [1.29, 1.82) is 0 Å². The summed E-state index contributed by atoms with van der Waals surface area (Å²) in [5, 5.41) is 6.42. The second-order valence-corrected chi connectivity index (χ2v) is 6.64. The summed E-state index contributed by atoms with van der Waals surface area (Å²) >= 11 is 10.8. The maximum absolute atomic E-state index is 14.3. The van der Waals surface area contributed by atoms with Gasteiger partial charge in [-0.1, -0.05) is 24.6 Å². The first kappa shape index (κ1) is 15.9. The van der Waals surface area contributed by atoms with E-state index in [-0.39, 0.29) is 16.9 Å². The van der Waals surface area contributed by atoms with Crippen molar-refractivity contribution in [2.75, 3.05) is 6.54 Å². The predicted octanol–water partition coefficient (Wildman–Crippen LogP) is 4.90. The SMILES string of the molecule is CCNC(Cc1nc(C)cs1)c1ccc(Br)c(Cl)c1F. The molecule has 1 aromatic heterocycles. The normalized spacial score (nSPS) is 12.7. The summed E-state index contributed by atoms with van der Waals surface area (Å²) in [6.07, 6.45) is 0.654. The van der Waals surface area contributed by atoms with Crippen LogP contribution in [-0.2, 0) is 6.42 Å². The quantitative estimate of drug-likeness (QED) is 0.750. The summed E-state index contributed by atoms with van der Waals surface area (Å²) in [4.78, 5) is 4.44. The van der Waals surface area contributed by atoms with Crippen molar-refractivity contribution in [3.05, 3.63) is 49.1 Å². The summed E-state index contributed by atoms with van der Waals surface area (Å²) in [5.74, 6) is -0.375. The van der Waals surface area contributed by atoms with Crippen molar-refractivity contribution >= 4 is 38.9 Å². The van der Waals surface area contributed by atoms with E-state index in [9.17, 15) is 4.39 Å². The van der Waals surface area contributed by atoms with E-state index in [0.29, 0.717) is 16.5 Å². The molecule has 2 aromatic rings. The van der Waals surface area contributed by atoms with E-state index in [0.717, 1.165) is 17.2 Å². The van der Waals surface area contributed by atoms with Gasteiger partial charge in [0.05, 0.1) is 10.0 Å². The number of nitrogens with one attached hydrogen (secondary N) is 1. The monoisotopic (exact) mass is 376 g/mol. The molecule has 108 valence electrons. The zero-order valence-corrected chi connectivity index (χ0v) is 14.4. The van der Waals surface area contributed by atoms with Crippen LogP contribution in [0.3, 0.4) is 0 Å². The largest absolute Gasteiger partial charge is 0.310 e. The van der Waals surface area contributed by atoms with E-state index in [1.165, 1.54) is 0 Å². The molecule has 0 saturated carbocycles. The van der Waals surface area contributed by atoms with Crippen LogP contribution in [0.25, 0.3) is 0 Å². The number of hydrogen-bond acceptors (Lipinski definition) is 3. The highest BCUT2D eigenvalue weighted by Gasteiger charge is 2.20. The molecule has 0 saturated heterocycles. The maximum Gasteiger partial charge on any atom is 0.147 e. The van der Waals surface area contributed by atoms with Crippen LogP contribution in [0.1, 0.15) is 29.2 Å². The van der Waals surface area contributed by atoms with Crippen LogP contribution >= 0.6 is 38.9 Å². The number of aryl methyl sites for hydroxylation is 1. The third kappa shape index (κ3) is 3.58. The smallest absolute Gasteiger partial charge is 0.147 e. The summed E-state index contributed by atoms with van der Waals surface area (Å²) in [7, 11) is 0. The maximum atomic E-state index is 14.3. The topological polar surface area (TPSA) is 24.9 Å². The van der Waals surface area contributed by atoms with Crippen molar-refractivity contribution in [2.24, 2.45) is 0 Å². The third-order valence-corrected chi connectivity index (χ3v) is 5.18.